The van der Waals surface area contributed by atoms with Crippen molar-refractivity contribution < 1.29 is 16.8 Å². The van der Waals surface area contributed by atoms with Crippen molar-refractivity contribution in [3.8, 4) is 0 Å². The molecule has 0 atom stereocenters. The van der Waals surface area contributed by atoms with Crippen LogP contribution in [-0.4, -0.2) is 33.8 Å². The molecule has 0 fully saturated rings. The molecule has 0 unspecified atom stereocenters. The van der Waals surface area contributed by atoms with Crippen LogP contribution < -0.4 is 0 Å². The van der Waals surface area contributed by atoms with Gasteiger partial charge < -0.3 is 0 Å². The highest BCUT2D eigenvalue weighted by Gasteiger charge is 2.28. The summed E-state index contributed by atoms with van der Waals surface area (Å²) in [7, 11) is -6.88. The van der Waals surface area contributed by atoms with Gasteiger partial charge in [0.1, 0.15) is 0 Å². The van der Waals surface area contributed by atoms with Crippen molar-refractivity contribution in [2.75, 3.05) is 13.3 Å². The van der Waals surface area contributed by atoms with E-state index in [0.717, 1.165) is 13.3 Å². The first kappa shape index (κ1) is 15.1. The van der Waals surface area contributed by atoms with E-state index in [-0.39, 0.29) is 4.90 Å². The minimum absolute atomic E-state index is 0.105. The van der Waals surface area contributed by atoms with Crippen molar-refractivity contribution in [2.45, 2.75) is 4.90 Å². The molecule has 0 bridgehead atoms. The predicted octanol–water partition coefficient (Wildman–Crippen LogP) is 1.79. The molecule has 1 rings (SSSR count). The quantitative estimate of drug-likeness (QED) is 0.767. The molecular weight excluding hydrogens is 398 g/mol. The summed E-state index contributed by atoms with van der Waals surface area (Å²) in [6, 6.07) is 4.32. The van der Waals surface area contributed by atoms with Gasteiger partial charge >= 0.3 is 0 Å². The van der Waals surface area contributed by atoms with Crippen molar-refractivity contribution in [1.82, 2.24) is 3.71 Å². The molecule has 96 valence electrons. The standard InChI is InChI=1S/C8H9Br2NO4S2/c1-11(16(2,12)13)17(14,15)8-4-6(9)3-7(10)5-8/h3-5H,1-2H3. The molecule has 0 aromatic heterocycles. The number of nitrogens with zero attached hydrogens (tertiary/aromatic N) is 1. The lowest BCUT2D eigenvalue weighted by Gasteiger charge is -2.15. The van der Waals surface area contributed by atoms with Gasteiger partial charge in [-0.1, -0.05) is 35.6 Å². The smallest absolute Gasteiger partial charge is 0.212 e. The molecule has 9 heteroatoms. The fraction of sp³-hybridized carbons (Fsp3) is 0.250. The maximum absolute atomic E-state index is 12.0. The molecule has 5 nitrogen and oxygen atoms in total. The fourth-order valence-corrected chi connectivity index (χ4v) is 5.13. The van der Waals surface area contributed by atoms with Gasteiger partial charge in [0.05, 0.1) is 11.2 Å². The van der Waals surface area contributed by atoms with Crippen LogP contribution in [0.4, 0.5) is 0 Å². The number of rotatable bonds is 3. The second-order valence-electron chi connectivity index (χ2n) is 3.25. The number of hydrogen-bond acceptors (Lipinski definition) is 4. The van der Waals surface area contributed by atoms with E-state index < -0.39 is 20.0 Å². The maximum atomic E-state index is 12.0. The van der Waals surface area contributed by atoms with Gasteiger partial charge in [0.25, 0.3) is 10.0 Å². The van der Waals surface area contributed by atoms with Crippen LogP contribution in [0, 0.1) is 0 Å². The minimum Gasteiger partial charge on any atom is -0.212 e. The minimum atomic E-state index is -4.06. The summed E-state index contributed by atoms with van der Waals surface area (Å²) < 4.78 is 47.9. The van der Waals surface area contributed by atoms with Gasteiger partial charge in [-0.15, -0.1) is 0 Å². The van der Waals surface area contributed by atoms with Gasteiger partial charge in [0.15, 0.2) is 0 Å². The first-order valence-corrected chi connectivity index (χ1v) is 9.08. The first-order chi connectivity index (χ1) is 7.55. The van der Waals surface area contributed by atoms with Crippen LogP contribution in [-0.2, 0) is 20.0 Å². The predicted molar refractivity (Wildman–Crippen MR) is 71.6 cm³/mol. The molecule has 1 aromatic rings. The molecule has 0 radical (unpaired) electrons. The average molecular weight is 407 g/mol. The third kappa shape index (κ3) is 3.50. The highest BCUT2D eigenvalue weighted by atomic mass is 79.9. The van der Waals surface area contributed by atoms with Crippen LogP contribution in [0.2, 0.25) is 0 Å². The lowest BCUT2D eigenvalue weighted by atomic mass is 10.4. The maximum Gasteiger partial charge on any atom is 0.255 e. The third-order valence-corrected chi connectivity index (χ3v) is 6.70. The second-order valence-corrected chi connectivity index (χ2v) is 9.30. The second kappa shape index (κ2) is 4.96. The van der Waals surface area contributed by atoms with Crippen molar-refractivity contribution in [1.29, 1.82) is 0 Å². The molecule has 0 saturated carbocycles. The van der Waals surface area contributed by atoms with E-state index in [1.807, 2.05) is 0 Å². The molecule has 0 aliphatic heterocycles. The Hall–Kier alpha value is 0.0400. The summed E-state index contributed by atoms with van der Waals surface area (Å²) in [5, 5.41) is 0. The average Bonchev–Trinajstić information content (AvgIpc) is 2.13. The monoisotopic (exact) mass is 405 g/mol. The normalized spacial score (nSPS) is 13.0. The van der Waals surface area contributed by atoms with Crippen LogP contribution in [0.5, 0.6) is 0 Å². The lowest BCUT2D eigenvalue weighted by Crippen LogP contribution is -2.32. The van der Waals surface area contributed by atoms with Crippen LogP contribution in [0.25, 0.3) is 0 Å². The van der Waals surface area contributed by atoms with E-state index in [1.165, 1.54) is 12.1 Å². The van der Waals surface area contributed by atoms with E-state index >= 15 is 0 Å². The van der Waals surface area contributed by atoms with E-state index in [1.54, 1.807) is 6.07 Å². The molecule has 0 aliphatic carbocycles. The summed E-state index contributed by atoms with van der Waals surface area (Å²) >= 11 is 6.29. The van der Waals surface area contributed by atoms with Gasteiger partial charge in [-0.3, -0.25) is 0 Å². The van der Waals surface area contributed by atoms with Crippen LogP contribution in [0.3, 0.4) is 0 Å². The van der Waals surface area contributed by atoms with Crippen molar-refractivity contribution in [3.63, 3.8) is 0 Å². The lowest BCUT2D eigenvalue weighted by molar-refractivity contribution is 0.530. The van der Waals surface area contributed by atoms with Crippen LogP contribution in [0.15, 0.2) is 32.0 Å². The highest BCUT2D eigenvalue weighted by Crippen LogP contribution is 2.25. The Kier molecular flexibility index (Phi) is 4.41. The van der Waals surface area contributed by atoms with Gasteiger partial charge in [0.2, 0.25) is 10.0 Å². The number of hydrogen-bond donors (Lipinski definition) is 0. The summed E-state index contributed by atoms with van der Waals surface area (Å²) in [6.45, 7) is 0. The molecule has 0 spiro atoms. The largest absolute Gasteiger partial charge is 0.255 e. The summed E-state index contributed by atoms with van der Waals surface area (Å²) in [4.78, 5) is -0.105. The zero-order valence-electron chi connectivity index (χ0n) is 8.88. The van der Waals surface area contributed by atoms with Crippen molar-refractivity contribution >= 4 is 51.9 Å². The van der Waals surface area contributed by atoms with E-state index in [0.29, 0.717) is 12.7 Å². The van der Waals surface area contributed by atoms with E-state index in [2.05, 4.69) is 31.9 Å². The zero-order chi connectivity index (χ0) is 13.4. The molecule has 0 amide bonds. The Balaban J connectivity index is 3.42. The Morgan fingerprint density at radius 2 is 1.41 bits per heavy atom. The van der Waals surface area contributed by atoms with Gasteiger partial charge in [0, 0.05) is 16.0 Å². The molecule has 0 N–H and O–H groups in total. The molecule has 0 saturated heterocycles. The Bertz CT molecular complexity index is 619. The van der Waals surface area contributed by atoms with Crippen molar-refractivity contribution in [2.24, 2.45) is 0 Å². The van der Waals surface area contributed by atoms with Gasteiger partial charge in [-0.25, -0.2) is 16.8 Å². The zero-order valence-corrected chi connectivity index (χ0v) is 13.7. The Labute approximate surface area is 117 Å². The van der Waals surface area contributed by atoms with Gasteiger partial charge in [-0.2, -0.15) is 0 Å². The summed E-state index contributed by atoms with van der Waals surface area (Å²) in [5.41, 5.74) is 0. The van der Waals surface area contributed by atoms with Crippen LogP contribution in [0.1, 0.15) is 0 Å². The molecule has 17 heavy (non-hydrogen) atoms. The summed E-state index contributed by atoms with van der Waals surface area (Å²) in [6.07, 6.45) is 0.831. The fourth-order valence-electron chi connectivity index (χ4n) is 1.00. The molecule has 1 aromatic carbocycles. The molecule has 0 aliphatic rings. The van der Waals surface area contributed by atoms with E-state index in [9.17, 15) is 16.8 Å². The topological polar surface area (TPSA) is 71.5 Å². The SMILES string of the molecule is CN(S(C)(=O)=O)S(=O)(=O)c1cc(Br)cc(Br)c1. The number of halogens is 2. The van der Waals surface area contributed by atoms with E-state index in [4.69, 9.17) is 0 Å². The first-order valence-electron chi connectivity index (χ1n) is 4.20. The van der Waals surface area contributed by atoms with Crippen LogP contribution >= 0.6 is 31.9 Å². The summed E-state index contributed by atoms with van der Waals surface area (Å²) in [5.74, 6) is 0. The van der Waals surface area contributed by atoms with Gasteiger partial charge in [-0.05, 0) is 18.2 Å². The molecule has 0 heterocycles. The Morgan fingerprint density at radius 3 is 1.76 bits per heavy atom. The third-order valence-electron chi connectivity index (χ3n) is 1.94. The Morgan fingerprint density at radius 1 is 1.00 bits per heavy atom. The number of sulfonamides is 2. The van der Waals surface area contributed by atoms with Crippen molar-refractivity contribution in [3.05, 3.63) is 27.1 Å². The highest BCUT2D eigenvalue weighted by molar-refractivity contribution is 9.11. The number of benzene rings is 1. The molecular formula is C8H9Br2NO4S2.